The molecule has 130 valence electrons. The number of para-hydroxylation sites is 1. The minimum absolute atomic E-state index is 0.198. The topological polar surface area (TPSA) is 26.3 Å². The molecule has 0 spiro atoms. The molecule has 0 aliphatic carbocycles. The summed E-state index contributed by atoms with van der Waals surface area (Å²) in [5.41, 5.74) is 4.79. The van der Waals surface area contributed by atoms with Gasteiger partial charge in [-0.25, -0.2) is 0 Å². The van der Waals surface area contributed by atoms with Gasteiger partial charge in [0.05, 0.1) is 0 Å². The quantitative estimate of drug-likeness (QED) is 0.292. The van der Waals surface area contributed by atoms with Crippen LogP contribution in [0, 0.1) is 13.8 Å². The van der Waals surface area contributed by atoms with Gasteiger partial charge in [-0.2, -0.15) is 0 Å². The summed E-state index contributed by atoms with van der Waals surface area (Å²) in [5, 5.41) is 3.44. The first-order valence-electron chi connectivity index (χ1n) is 10.4. The second-order valence-electron chi connectivity index (χ2n) is 8.09. The molecule has 0 unspecified atom stereocenters. The fourth-order valence-electron chi connectivity index (χ4n) is 4.25. The maximum absolute atomic E-state index is 8.11. The normalized spacial score (nSPS) is 15.0. The molecule has 26 heavy (non-hydrogen) atoms. The van der Waals surface area contributed by atoms with Crippen LogP contribution >= 0.6 is 0 Å². The SMILES string of the molecule is [2H]C([2H])([2H])c1cc(C)c(C(C)(C)C)c2oc3c(ccc4c5ccccc5oc43)c12. The first-order chi connectivity index (χ1) is 13.6. The van der Waals surface area contributed by atoms with Crippen molar-refractivity contribution in [1.82, 2.24) is 0 Å². The van der Waals surface area contributed by atoms with Gasteiger partial charge in [-0.3, -0.25) is 0 Å². The van der Waals surface area contributed by atoms with Crippen LogP contribution in [0.25, 0.3) is 43.9 Å². The van der Waals surface area contributed by atoms with Gasteiger partial charge < -0.3 is 8.83 Å². The van der Waals surface area contributed by atoms with E-state index in [1.165, 1.54) is 0 Å². The minimum atomic E-state index is -2.24. The third-order valence-electron chi connectivity index (χ3n) is 5.20. The van der Waals surface area contributed by atoms with Gasteiger partial charge in [0.25, 0.3) is 0 Å². The van der Waals surface area contributed by atoms with E-state index in [9.17, 15) is 0 Å². The molecule has 0 radical (unpaired) electrons. The lowest BCUT2D eigenvalue weighted by Crippen LogP contribution is -2.13. The lowest BCUT2D eigenvalue weighted by atomic mass is 9.82. The van der Waals surface area contributed by atoms with Crippen molar-refractivity contribution in [3.63, 3.8) is 0 Å². The number of furan rings is 2. The molecule has 2 heteroatoms. The van der Waals surface area contributed by atoms with Crippen LogP contribution in [0.2, 0.25) is 0 Å². The predicted octanol–water partition coefficient (Wildman–Crippen LogP) is 7.40. The fourth-order valence-corrected chi connectivity index (χ4v) is 4.25. The Bertz CT molecular complexity index is 1430. The summed E-state index contributed by atoms with van der Waals surface area (Å²) in [5.74, 6) is 0. The summed E-state index contributed by atoms with van der Waals surface area (Å²) < 4.78 is 36.9. The van der Waals surface area contributed by atoms with Crippen molar-refractivity contribution < 1.29 is 12.9 Å². The molecule has 2 aromatic heterocycles. The fraction of sp³-hybridized carbons (Fsp3) is 0.250. The Hall–Kier alpha value is -2.74. The van der Waals surface area contributed by atoms with Crippen molar-refractivity contribution in [2.75, 3.05) is 0 Å². The molecule has 2 nitrogen and oxygen atoms in total. The summed E-state index contributed by atoms with van der Waals surface area (Å²) in [6.45, 7) is 6.08. The van der Waals surface area contributed by atoms with Crippen LogP contribution in [0.15, 0.2) is 51.3 Å². The number of rotatable bonds is 0. The zero-order chi connectivity index (χ0) is 20.7. The van der Waals surface area contributed by atoms with Crippen LogP contribution < -0.4 is 0 Å². The van der Waals surface area contributed by atoms with Crippen LogP contribution in [-0.2, 0) is 5.41 Å². The van der Waals surface area contributed by atoms with Gasteiger partial charge in [0, 0.05) is 31.2 Å². The number of hydrogen-bond donors (Lipinski definition) is 0. The Labute approximate surface area is 156 Å². The number of fused-ring (bicyclic) bond motifs is 7. The summed E-state index contributed by atoms with van der Waals surface area (Å²) >= 11 is 0. The highest BCUT2D eigenvalue weighted by Crippen LogP contribution is 2.43. The van der Waals surface area contributed by atoms with E-state index < -0.39 is 6.85 Å². The molecule has 0 aliphatic heterocycles. The Morgan fingerprint density at radius 3 is 2.31 bits per heavy atom. The molecule has 0 N–H and O–H groups in total. The average Bonchev–Trinajstić information content (AvgIpc) is 3.16. The molecule has 0 saturated heterocycles. The maximum Gasteiger partial charge on any atom is 0.178 e. The van der Waals surface area contributed by atoms with Crippen LogP contribution in [0.1, 0.15) is 41.6 Å². The molecule has 0 amide bonds. The monoisotopic (exact) mass is 345 g/mol. The van der Waals surface area contributed by atoms with Crippen molar-refractivity contribution >= 4 is 43.9 Å². The van der Waals surface area contributed by atoms with E-state index in [-0.39, 0.29) is 5.41 Å². The zero-order valence-corrected chi connectivity index (χ0v) is 15.4. The lowest BCUT2D eigenvalue weighted by Gasteiger charge is -2.22. The Balaban J connectivity index is 2.05. The van der Waals surface area contributed by atoms with Gasteiger partial charge in [0.2, 0.25) is 0 Å². The van der Waals surface area contributed by atoms with E-state index in [1.54, 1.807) is 6.07 Å². The van der Waals surface area contributed by atoms with Crippen LogP contribution in [-0.4, -0.2) is 0 Å². The van der Waals surface area contributed by atoms with Crippen LogP contribution in [0.3, 0.4) is 0 Å². The molecule has 0 atom stereocenters. The molecule has 5 aromatic rings. The molecule has 2 heterocycles. The third-order valence-corrected chi connectivity index (χ3v) is 5.20. The standard InChI is InChI=1S/C24H22O2/c1-13-12-14(2)20(24(3,4)5)23-19(13)17-11-10-16-15-8-6-7-9-18(15)25-21(16)22(17)26-23/h6-12H,1-5H3/i1D3. The highest BCUT2D eigenvalue weighted by molar-refractivity contribution is 6.19. The molecule has 0 aliphatic rings. The maximum atomic E-state index is 8.11. The van der Waals surface area contributed by atoms with E-state index in [2.05, 4.69) is 20.8 Å². The van der Waals surface area contributed by atoms with Crippen molar-refractivity contribution in [3.8, 4) is 0 Å². The Morgan fingerprint density at radius 1 is 0.808 bits per heavy atom. The second-order valence-corrected chi connectivity index (χ2v) is 8.09. The second kappa shape index (κ2) is 4.91. The van der Waals surface area contributed by atoms with E-state index in [4.69, 9.17) is 12.9 Å². The highest BCUT2D eigenvalue weighted by Gasteiger charge is 2.25. The van der Waals surface area contributed by atoms with Gasteiger partial charge in [-0.05, 0) is 48.5 Å². The Kier molecular flexibility index (Phi) is 2.38. The van der Waals surface area contributed by atoms with E-state index in [0.717, 1.165) is 32.9 Å². The van der Waals surface area contributed by atoms with Gasteiger partial charge >= 0.3 is 0 Å². The van der Waals surface area contributed by atoms with Crippen molar-refractivity contribution in [1.29, 1.82) is 0 Å². The summed E-state index contributed by atoms with van der Waals surface area (Å²) in [4.78, 5) is 0. The van der Waals surface area contributed by atoms with Crippen LogP contribution in [0.5, 0.6) is 0 Å². The minimum Gasteiger partial charge on any atom is -0.452 e. The smallest absolute Gasteiger partial charge is 0.178 e. The number of hydrogen-bond acceptors (Lipinski definition) is 2. The summed E-state index contributed by atoms with van der Waals surface area (Å²) in [7, 11) is 0. The molecular formula is C24H22O2. The first kappa shape index (κ1) is 12.6. The summed E-state index contributed by atoms with van der Waals surface area (Å²) in [6, 6.07) is 13.6. The summed E-state index contributed by atoms with van der Waals surface area (Å²) in [6.07, 6.45) is 0. The van der Waals surface area contributed by atoms with Gasteiger partial charge in [0.15, 0.2) is 11.2 Å². The third kappa shape index (κ3) is 1.93. The number of benzene rings is 3. The predicted molar refractivity (Wildman–Crippen MR) is 109 cm³/mol. The molecular weight excluding hydrogens is 320 g/mol. The lowest BCUT2D eigenvalue weighted by molar-refractivity contribution is 0.567. The van der Waals surface area contributed by atoms with Crippen molar-refractivity contribution in [2.45, 2.75) is 40.0 Å². The van der Waals surface area contributed by atoms with Gasteiger partial charge in [-0.1, -0.05) is 45.0 Å². The molecule has 5 rings (SSSR count). The van der Waals surface area contributed by atoms with E-state index in [0.29, 0.717) is 27.7 Å². The zero-order valence-electron chi connectivity index (χ0n) is 18.4. The molecule has 0 bridgehead atoms. The van der Waals surface area contributed by atoms with Gasteiger partial charge in [-0.15, -0.1) is 0 Å². The number of aryl methyl sites for hydroxylation is 2. The van der Waals surface area contributed by atoms with Crippen molar-refractivity contribution in [3.05, 3.63) is 59.2 Å². The van der Waals surface area contributed by atoms with Crippen molar-refractivity contribution in [2.24, 2.45) is 0 Å². The van der Waals surface area contributed by atoms with Crippen LogP contribution in [0.4, 0.5) is 0 Å². The van der Waals surface area contributed by atoms with E-state index >= 15 is 0 Å². The van der Waals surface area contributed by atoms with E-state index in [1.807, 2.05) is 43.3 Å². The Morgan fingerprint density at radius 2 is 1.54 bits per heavy atom. The first-order valence-corrected chi connectivity index (χ1v) is 8.88. The largest absolute Gasteiger partial charge is 0.452 e. The highest BCUT2D eigenvalue weighted by atomic mass is 16.4. The molecule has 3 aromatic carbocycles. The molecule has 0 fully saturated rings. The molecule has 0 saturated carbocycles. The van der Waals surface area contributed by atoms with Gasteiger partial charge in [0.1, 0.15) is 11.2 Å². The average molecular weight is 345 g/mol.